The highest BCUT2D eigenvalue weighted by Gasteiger charge is 2.46. The van der Waals surface area contributed by atoms with E-state index >= 15 is 0 Å². The number of fused-ring (bicyclic) bond motifs is 2. The molecule has 9 aliphatic rings. The normalized spacial score (nSPS) is 34.0. The van der Waals surface area contributed by atoms with Crippen LogP contribution in [0, 0.1) is 112 Å². The summed E-state index contributed by atoms with van der Waals surface area (Å²) in [5.74, 6) is -0.459. The Labute approximate surface area is 584 Å². The first kappa shape index (κ1) is 86.2. The van der Waals surface area contributed by atoms with Crippen molar-refractivity contribution in [3.05, 3.63) is 60.8 Å². The molecule has 9 rings (SSSR count). The first-order valence-corrected chi connectivity index (χ1v) is 35.5. The molecule has 8 aliphatic carbocycles. The first-order chi connectivity index (χ1) is 45.4. The Hall–Kier alpha value is -5.91. The Morgan fingerprint density at radius 2 is 0.729 bits per heavy atom. The summed E-state index contributed by atoms with van der Waals surface area (Å²) in [5, 5.41) is 26.7. The lowest BCUT2D eigenvalue weighted by atomic mass is 9.75. The van der Waals surface area contributed by atoms with Crippen LogP contribution in [-0.4, -0.2) is 141 Å². The fourth-order valence-corrected chi connectivity index (χ4v) is 14.8. The maximum Gasteiger partial charge on any atom is 0.309 e. The summed E-state index contributed by atoms with van der Waals surface area (Å²) in [5.41, 5.74) is 0. The van der Waals surface area contributed by atoms with Gasteiger partial charge in [-0.2, -0.15) is 0 Å². The van der Waals surface area contributed by atoms with Crippen LogP contribution in [0.2, 0.25) is 0 Å². The average molecular weight is 1470 g/mol. The Kier molecular flexibility index (Phi) is 40.3. The zero-order valence-electron chi connectivity index (χ0n) is 59.9. The van der Waals surface area contributed by atoms with Crippen molar-refractivity contribution in [1.82, 2.24) is 0 Å². The molecule has 0 spiro atoms. The van der Waals surface area contributed by atoms with Crippen molar-refractivity contribution in [2.24, 2.45) is 112 Å². The van der Waals surface area contributed by atoms with Gasteiger partial charge in [-0.1, -0.05) is 159 Å². The van der Waals surface area contributed by atoms with E-state index in [9.17, 15) is 53.1 Å². The molecule has 0 amide bonds. The number of rotatable bonds is 9. The summed E-state index contributed by atoms with van der Waals surface area (Å²) >= 11 is 2.39. The summed E-state index contributed by atoms with van der Waals surface area (Å²) in [6.07, 6.45) is 33.0. The molecular formula is C74H115IO21. The van der Waals surface area contributed by atoms with Gasteiger partial charge in [0.2, 0.25) is 0 Å². The van der Waals surface area contributed by atoms with E-state index in [2.05, 4.69) is 108 Å². The van der Waals surface area contributed by atoms with Gasteiger partial charge >= 0.3 is 59.7 Å². The number of aliphatic carboxylic acids is 2. The number of halogens is 1. The Balaban J connectivity index is 0.000000374. The number of alkyl halides is 1. The van der Waals surface area contributed by atoms with Gasteiger partial charge in [-0.3, -0.25) is 47.9 Å². The Bertz CT molecular complexity index is 2520. The van der Waals surface area contributed by atoms with Gasteiger partial charge in [-0.05, 0) is 143 Å². The molecule has 1 aliphatic heterocycles. The molecule has 1 unspecified atom stereocenters. The lowest BCUT2D eigenvalue weighted by Gasteiger charge is -2.30. The number of aliphatic hydroxyl groups is 1. The topological polar surface area (TPSA) is 305 Å². The number of aliphatic hydroxyl groups excluding tert-OH is 1. The fourth-order valence-electron chi connectivity index (χ4n) is 13.6. The lowest BCUT2D eigenvalue weighted by molar-refractivity contribution is -0.157. The molecule has 1 heterocycles. The minimum atomic E-state index is -0.931. The van der Waals surface area contributed by atoms with Crippen molar-refractivity contribution in [3.8, 4) is 0 Å². The van der Waals surface area contributed by atoms with Crippen molar-refractivity contribution in [3.63, 3.8) is 0 Å². The van der Waals surface area contributed by atoms with E-state index in [1.54, 1.807) is 12.2 Å². The van der Waals surface area contributed by atoms with Crippen LogP contribution in [0.25, 0.3) is 0 Å². The Morgan fingerprint density at radius 3 is 1.11 bits per heavy atom. The third kappa shape index (κ3) is 28.5. The molecule has 96 heavy (non-hydrogen) atoms. The molecule has 22 atom stereocenters. The zero-order chi connectivity index (χ0) is 72.5. The largest absolute Gasteiger partial charge is 0.481 e. The first-order valence-electron chi connectivity index (χ1n) is 34.2. The molecule has 2 bridgehead atoms. The van der Waals surface area contributed by atoms with Crippen LogP contribution in [0.1, 0.15) is 165 Å². The predicted molar refractivity (Wildman–Crippen MR) is 370 cm³/mol. The standard InChI is InChI=1S/C10H14O4.2C10H18O2.C10H16O2.C9H12O4.C9H14O3.C8H11IO2.C8H12O2/c1-13-9(11)7-5-3-4-6-8(7)10(12)14-2;3*1-7-4-5-8(2)9(6-7)10(11)12-3;1-13-9(12)7-5-3-2-4-6(7)8(10)11;1-6-3-4-7(10)5-8(6)9(11)12-2;1-4-2-6(9)7-3-5(4)8(10)11-7;1-6-4-2-3-5-7(6)8(9)10/h3-4,7-8H,5-6H2,1-2H3;2*7-9H,4-6H2,1-3H3;4-5,7-9H,6H2,1-3H3;2-3,6-7H,4-5H2,1H3,(H,10,11);3-4,6-8,10H,5H2,1-2H3;4-7H,2-3H2,1H3;2-3,6-7H,4-5H2,1H3,(H,9,10)/t7-,8+;7-,8-,9+;7-,8-,9-;7-,8-,9+;6-,7+;6-,7?,8+;4-,5+,6-,7-;6-,7+/m.1111111/s1. The van der Waals surface area contributed by atoms with Crippen LogP contribution in [-0.2, 0) is 85.8 Å². The van der Waals surface area contributed by atoms with Gasteiger partial charge in [-0.15, -0.1) is 0 Å². The van der Waals surface area contributed by atoms with Gasteiger partial charge in [0, 0.05) is 3.92 Å². The molecule has 3 saturated carbocycles. The van der Waals surface area contributed by atoms with Crippen LogP contribution in [0.3, 0.4) is 0 Å². The van der Waals surface area contributed by atoms with E-state index in [1.165, 1.54) is 75.5 Å². The smallest absolute Gasteiger partial charge is 0.309 e. The monoisotopic (exact) mass is 1470 g/mol. The summed E-state index contributed by atoms with van der Waals surface area (Å²) in [4.78, 5) is 111. The number of methoxy groups -OCH3 is 7. The molecule has 1 saturated heterocycles. The van der Waals surface area contributed by atoms with E-state index in [-0.39, 0.29) is 89.3 Å². The molecule has 21 nitrogen and oxygen atoms in total. The minimum Gasteiger partial charge on any atom is -0.481 e. The van der Waals surface area contributed by atoms with Gasteiger partial charge < -0.3 is 53.2 Å². The average Bonchev–Trinajstić information content (AvgIpc) is 1.68. The van der Waals surface area contributed by atoms with E-state index in [0.29, 0.717) is 89.8 Å². The summed E-state index contributed by atoms with van der Waals surface area (Å²) in [7, 11) is 9.73. The number of allylic oxidation sites excluding steroid dienone is 9. The molecule has 0 radical (unpaired) electrons. The molecule has 4 fully saturated rings. The number of ether oxygens (including phenoxy) is 8. The second-order valence-corrected chi connectivity index (χ2v) is 29.0. The van der Waals surface area contributed by atoms with Crippen LogP contribution in [0.4, 0.5) is 0 Å². The number of hydrogen-bond acceptors (Lipinski definition) is 19. The molecule has 0 aromatic carbocycles. The van der Waals surface area contributed by atoms with Crippen LogP contribution in [0.15, 0.2) is 60.8 Å². The highest BCUT2D eigenvalue weighted by atomic mass is 127. The van der Waals surface area contributed by atoms with E-state index in [1.807, 2.05) is 44.2 Å². The molecule has 0 aromatic heterocycles. The number of hydrogen-bond donors (Lipinski definition) is 3. The van der Waals surface area contributed by atoms with Gasteiger partial charge in [0.1, 0.15) is 6.10 Å². The molecule has 0 aromatic rings. The van der Waals surface area contributed by atoms with Gasteiger partial charge in [-0.25, -0.2) is 0 Å². The van der Waals surface area contributed by atoms with Gasteiger partial charge in [0.05, 0.1) is 115 Å². The van der Waals surface area contributed by atoms with Crippen molar-refractivity contribution in [2.45, 2.75) is 181 Å². The third-order valence-corrected chi connectivity index (χ3v) is 21.5. The zero-order valence-corrected chi connectivity index (χ0v) is 62.0. The number of carbonyl (C=O) groups is 10. The Morgan fingerprint density at radius 1 is 0.385 bits per heavy atom. The third-order valence-electron chi connectivity index (χ3n) is 20.2. The van der Waals surface area contributed by atoms with Crippen molar-refractivity contribution >= 4 is 82.3 Å². The molecular weight excluding hydrogens is 1350 g/mol. The SMILES string of the molecule is COC(=O)[C@@H]1C[C@H](C)CC[C@H]1C.COC(=O)[C@H]1CC(O)C=C[C@H]1C.COC(=O)[C@H]1CC=CC[C@H]1C(=O)O.COC(=O)[C@H]1CC=CC[C@H]1C(=O)OC.COC(=O)[C@H]1C[C@H](C)C=C[C@H]1C.COC(=O)[C@H]1C[C@H](C)CC[C@H]1C.C[C@@H]1CC=CC[C@@H]1C(=O)O.C[C@@H]1C[C@@H](I)[C@H]2C[C@@H]1C(=O)O2. The van der Waals surface area contributed by atoms with Crippen molar-refractivity contribution < 1.29 is 101 Å². The second kappa shape index (κ2) is 44.9. The second-order valence-electron chi connectivity index (χ2n) is 27.4. The quantitative estimate of drug-likeness (QED) is 0.0635. The molecule has 3 N–H and O–H groups in total. The summed E-state index contributed by atoms with van der Waals surface area (Å²) in [6.45, 7) is 19.0. The van der Waals surface area contributed by atoms with Crippen molar-refractivity contribution in [2.75, 3.05) is 49.8 Å². The minimum absolute atomic E-state index is 0.0194. The molecule has 544 valence electrons. The summed E-state index contributed by atoms with van der Waals surface area (Å²) < 4.78 is 38.5. The number of carboxylic acids is 2. The van der Waals surface area contributed by atoms with Gasteiger partial charge in [0.25, 0.3) is 0 Å². The highest BCUT2D eigenvalue weighted by Crippen LogP contribution is 2.42. The number of esters is 8. The summed E-state index contributed by atoms with van der Waals surface area (Å²) in [6, 6.07) is 0. The highest BCUT2D eigenvalue weighted by molar-refractivity contribution is 14.1. The van der Waals surface area contributed by atoms with Crippen LogP contribution >= 0.6 is 22.6 Å². The van der Waals surface area contributed by atoms with Gasteiger partial charge in [0.15, 0.2) is 0 Å². The van der Waals surface area contributed by atoms with Crippen molar-refractivity contribution in [1.29, 1.82) is 0 Å². The predicted octanol–water partition coefficient (Wildman–Crippen LogP) is 12.4. The van der Waals surface area contributed by atoms with E-state index in [4.69, 9.17) is 29.2 Å². The molecule has 22 heteroatoms. The number of carbonyl (C=O) groups excluding carboxylic acids is 8. The fraction of sp³-hybridized carbons (Fsp3) is 0.730. The van der Waals surface area contributed by atoms with Crippen LogP contribution in [0.5, 0.6) is 0 Å². The van der Waals surface area contributed by atoms with E-state index in [0.717, 1.165) is 38.5 Å². The maximum atomic E-state index is 11.3. The van der Waals surface area contributed by atoms with E-state index < -0.39 is 47.7 Å². The number of carboxylic acid groups (broad SMARTS) is 2. The lowest BCUT2D eigenvalue weighted by Crippen LogP contribution is -2.32. The van der Waals surface area contributed by atoms with Crippen LogP contribution < -0.4 is 0 Å². The maximum absolute atomic E-state index is 11.3.